The Morgan fingerprint density at radius 3 is 2.66 bits per heavy atom. The molecule has 1 aliphatic carbocycles. The molecule has 0 aromatic heterocycles. The number of methoxy groups -OCH3 is 1. The van der Waals surface area contributed by atoms with E-state index in [0.717, 1.165) is 32.5 Å². The Morgan fingerprint density at radius 2 is 2.00 bits per heavy atom. The van der Waals surface area contributed by atoms with Crippen molar-refractivity contribution in [3.05, 3.63) is 29.8 Å². The molecular weight excluding hydrogens is 500 g/mol. The molecule has 0 saturated heterocycles. The highest BCUT2D eigenvalue weighted by molar-refractivity contribution is 14.0. The van der Waals surface area contributed by atoms with Gasteiger partial charge in [-0.05, 0) is 31.5 Å². The van der Waals surface area contributed by atoms with E-state index >= 15 is 0 Å². The van der Waals surface area contributed by atoms with E-state index in [2.05, 4.69) is 25.3 Å². The van der Waals surface area contributed by atoms with Crippen LogP contribution in [0.2, 0.25) is 0 Å². The van der Waals surface area contributed by atoms with Gasteiger partial charge in [-0.15, -0.1) is 37.1 Å². The first-order chi connectivity index (χ1) is 13.3. The maximum atomic E-state index is 12.6. The Kier molecular flexibility index (Phi) is 11.0. The fourth-order valence-electron chi connectivity index (χ4n) is 3.03. The highest BCUT2D eigenvalue weighted by Crippen LogP contribution is 2.45. The minimum atomic E-state index is -4.69. The lowest BCUT2D eigenvalue weighted by molar-refractivity contribution is -0.274. The number of rotatable bonds is 10. The van der Waals surface area contributed by atoms with Crippen molar-refractivity contribution in [2.45, 2.75) is 31.2 Å². The van der Waals surface area contributed by atoms with Crippen LogP contribution in [0.3, 0.4) is 0 Å². The van der Waals surface area contributed by atoms with Gasteiger partial charge in [0.15, 0.2) is 5.96 Å². The number of hydrogen-bond donors (Lipinski definition) is 2. The largest absolute Gasteiger partial charge is 0.573 e. The Bertz CT molecular complexity index is 646. The summed E-state index contributed by atoms with van der Waals surface area (Å²) in [6.45, 7) is 3.25. The smallest absolute Gasteiger partial charge is 0.405 e. The van der Waals surface area contributed by atoms with Crippen molar-refractivity contribution in [2.24, 2.45) is 4.99 Å². The second-order valence-electron chi connectivity index (χ2n) is 6.83. The van der Waals surface area contributed by atoms with Gasteiger partial charge < -0.3 is 25.0 Å². The standard InChI is InChI=1S/C19H29F3N4O2.HI/c1-23-18(24-9-11-26(2)10-6-12-27-3)25-16-13-15(16)14-7-4-5-8-17(14)28-19(20,21)22;/h4-5,7-8,15-16H,6,9-13H2,1-3H3,(H2,23,24,25);1H. The first-order valence-corrected chi connectivity index (χ1v) is 9.33. The zero-order valence-electron chi connectivity index (χ0n) is 17.0. The van der Waals surface area contributed by atoms with Crippen LogP contribution in [-0.2, 0) is 4.74 Å². The molecule has 2 atom stereocenters. The Morgan fingerprint density at radius 1 is 1.28 bits per heavy atom. The van der Waals surface area contributed by atoms with Crippen LogP contribution < -0.4 is 15.4 Å². The summed E-state index contributed by atoms with van der Waals surface area (Å²) in [6.07, 6.45) is -2.99. The molecule has 6 nitrogen and oxygen atoms in total. The number of halogens is 4. The number of alkyl halides is 3. The number of likely N-dealkylation sites (N-methyl/N-ethyl adjacent to an activating group) is 1. The van der Waals surface area contributed by atoms with Gasteiger partial charge in [0.05, 0.1) is 0 Å². The lowest BCUT2D eigenvalue weighted by Crippen LogP contribution is -2.42. The van der Waals surface area contributed by atoms with Crippen LogP contribution in [0.5, 0.6) is 5.75 Å². The van der Waals surface area contributed by atoms with E-state index in [1.807, 2.05) is 7.05 Å². The number of benzene rings is 1. The molecule has 0 amide bonds. The molecule has 2 N–H and O–H groups in total. The number of hydrogen-bond acceptors (Lipinski definition) is 4. The lowest BCUT2D eigenvalue weighted by atomic mass is 10.1. The minimum Gasteiger partial charge on any atom is -0.405 e. The fraction of sp³-hybridized carbons (Fsp3) is 0.632. The van der Waals surface area contributed by atoms with E-state index in [4.69, 9.17) is 4.74 Å². The molecule has 29 heavy (non-hydrogen) atoms. The number of nitrogens with zero attached hydrogens (tertiary/aromatic N) is 2. The molecule has 2 unspecified atom stereocenters. The molecule has 1 aliphatic rings. The number of nitrogens with one attached hydrogen (secondary N) is 2. The van der Waals surface area contributed by atoms with Gasteiger partial charge in [-0.1, -0.05) is 18.2 Å². The van der Waals surface area contributed by atoms with Gasteiger partial charge in [-0.3, -0.25) is 4.99 Å². The highest BCUT2D eigenvalue weighted by Gasteiger charge is 2.42. The normalized spacial score (nSPS) is 18.9. The van der Waals surface area contributed by atoms with Crippen LogP contribution in [-0.4, -0.2) is 70.7 Å². The molecule has 1 saturated carbocycles. The van der Waals surface area contributed by atoms with E-state index < -0.39 is 6.36 Å². The van der Waals surface area contributed by atoms with Gasteiger partial charge in [0.1, 0.15) is 5.75 Å². The van der Waals surface area contributed by atoms with Crippen molar-refractivity contribution in [1.82, 2.24) is 15.5 Å². The van der Waals surface area contributed by atoms with Crippen molar-refractivity contribution in [3.8, 4) is 5.75 Å². The van der Waals surface area contributed by atoms with E-state index in [0.29, 0.717) is 18.1 Å². The van der Waals surface area contributed by atoms with Crippen molar-refractivity contribution in [3.63, 3.8) is 0 Å². The zero-order chi connectivity index (χ0) is 20.6. The lowest BCUT2D eigenvalue weighted by Gasteiger charge is -2.18. The molecule has 10 heteroatoms. The molecule has 1 aromatic rings. The summed E-state index contributed by atoms with van der Waals surface area (Å²) >= 11 is 0. The van der Waals surface area contributed by atoms with Crippen LogP contribution in [0.15, 0.2) is 29.3 Å². The molecular formula is C19H30F3IN4O2. The first-order valence-electron chi connectivity index (χ1n) is 9.33. The summed E-state index contributed by atoms with van der Waals surface area (Å²) in [5, 5.41) is 6.51. The Balaban J connectivity index is 0.00000420. The van der Waals surface area contributed by atoms with Gasteiger partial charge in [0, 0.05) is 52.4 Å². The summed E-state index contributed by atoms with van der Waals surface area (Å²) in [5.41, 5.74) is 0.561. The second-order valence-corrected chi connectivity index (χ2v) is 6.83. The maximum Gasteiger partial charge on any atom is 0.573 e. The molecule has 0 aliphatic heterocycles. The molecule has 1 fully saturated rings. The third-order valence-electron chi connectivity index (χ3n) is 4.55. The SMILES string of the molecule is CN=C(NCCN(C)CCCOC)NC1CC1c1ccccc1OC(F)(F)F.I. The maximum absolute atomic E-state index is 12.6. The van der Waals surface area contributed by atoms with Gasteiger partial charge in [0.25, 0.3) is 0 Å². The highest BCUT2D eigenvalue weighted by atomic mass is 127. The molecule has 0 heterocycles. The first kappa shape index (κ1) is 25.8. The topological polar surface area (TPSA) is 58.1 Å². The molecule has 166 valence electrons. The fourth-order valence-corrected chi connectivity index (χ4v) is 3.03. The number of aliphatic imine (C=N–C) groups is 1. The Hall–Kier alpha value is -1.27. The van der Waals surface area contributed by atoms with Gasteiger partial charge in [-0.2, -0.15) is 0 Å². The Labute approximate surface area is 187 Å². The quantitative estimate of drug-likeness (QED) is 0.211. The predicted octanol–water partition coefficient (Wildman–Crippen LogP) is 3.19. The van der Waals surface area contributed by atoms with Crippen LogP contribution in [0.1, 0.15) is 24.3 Å². The average molecular weight is 530 g/mol. The number of para-hydroxylation sites is 1. The van der Waals surface area contributed by atoms with Crippen LogP contribution in [0, 0.1) is 0 Å². The summed E-state index contributed by atoms with van der Waals surface area (Å²) in [7, 11) is 5.41. The third-order valence-corrected chi connectivity index (χ3v) is 4.55. The van der Waals surface area contributed by atoms with E-state index in [-0.39, 0.29) is 41.7 Å². The number of ether oxygens (including phenoxy) is 2. The predicted molar refractivity (Wildman–Crippen MR) is 118 cm³/mol. The monoisotopic (exact) mass is 530 g/mol. The van der Waals surface area contributed by atoms with Crippen molar-refractivity contribution in [1.29, 1.82) is 0 Å². The van der Waals surface area contributed by atoms with Crippen molar-refractivity contribution >= 4 is 29.9 Å². The van der Waals surface area contributed by atoms with Crippen molar-refractivity contribution in [2.75, 3.05) is 47.4 Å². The van der Waals surface area contributed by atoms with Crippen LogP contribution in [0.25, 0.3) is 0 Å². The molecule has 0 radical (unpaired) electrons. The summed E-state index contributed by atoms with van der Waals surface area (Å²) in [6, 6.07) is 6.33. The van der Waals surface area contributed by atoms with Gasteiger partial charge >= 0.3 is 6.36 Å². The summed E-state index contributed by atoms with van der Waals surface area (Å²) in [5.74, 6) is 0.478. The summed E-state index contributed by atoms with van der Waals surface area (Å²) < 4.78 is 47.0. The van der Waals surface area contributed by atoms with Gasteiger partial charge in [0.2, 0.25) is 0 Å². The summed E-state index contributed by atoms with van der Waals surface area (Å²) in [4.78, 5) is 6.39. The molecule has 2 rings (SSSR count). The van der Waals surface area contributed by atoms with E-state index in [1.54, 1.807) is 32.4 Å². The molecule has 0 spiro atoms. The zero-order valence-corrected chi connectivity index (χ0v) is 19.3. The molecule has 1 aromatic carbocycles. The van der Waals surface area contributed by atoms with Crippen LogP contribution >= 0.6 is 24.0 Å². The van der Waals surface area contributed by atoms with E-state index in [9.17, 15) is 13.2 Å². The second kappa shape index (κ2) is 12.4. The van der Waals surface area contributed by atoms with Crippen LogP contribution in [0.4, 0.5) is 13.2 Å². The number of guanidine groups is 1. The van der Waals surface area contributed by atoms with Crippen molar-refractivity contribution < 1.29 is 22.6 Å². The van der Waals surface area contributed by atoms with E-state index in [1.165, 1.54) is 6.07 Å². The van der Waals surface area contributed by atoms with Gasteiger partial charge in [-0.25, -0.2) is 0 Å². The minimum absolute atomic E-state index is 0. The average Bonchev–Trinajstić information content (AvgIpc) is 3.39. The third kappa shape index (κ3) is 9.39. The molecule has 0 bridgehead atoms.